The van der Waals surface area contributed by atoms with Crippen molar-refractivity contribution < 1.29 is 4.74 Å². The van der Waals surface area contributed by atoms with Gasteiger partial charge in [0, 0.05) is 50.3 Å². The second kappa shape index (κ2) is 7.40. The van der Waals surface area contributed by atoms with E-state index in [-0.39, 0.29) is 12.0 Å². The van der Waals surface area contributed by atoms with E-state index in [2.05, 4.69) is 33.1 Å². The van der Waals surface area contributed by atoms with Gasteiger partial charge in [0.05, 0.1) is 23.0 Å². The van der Waals surface area contributed by atoms with Crippen LogP contribution in [0.15, 0.2) is 48.8 Å². The quantitative estimate of drug-likeness (QED) is 0.681. The fourth-order valence-corrected chi connectivity index (χ4v) is 3.42. The van der Waals surface area contributed by atoms with Crippen LogP contribution in [0.5, 0.6) is 0 Å². The highest BCUT2D eigenvalue weighted by Crippen LogP contribution is 2.32. The van der Waals surface area contributed by atoms with Crippen LogP contribution in [0.1, 0.15) is 30.7 Å². The largest absolute Gasteiger partial charge is 0.381 e. The Hall–Kier alpha value is -2.86. The van der Waals surface area contributed by atoms with Gasteiger partial charge in [0.15, 0.2) is 0 Å². The maximum absolute atomic E-state index is 8.39. The second-order valence-corrected chi connectivity index (χ2v) is 6.98. The van der Waals surface area contributed by atoms with Crippen molar-refractivity contribution in [1.29, 1.82) is 5.41 Å². The van der Waals surface area contributed by atoms with E-state index in [1.165, 1.54) is 0 Å². The number of aromatic nitrogens is 3. The lowest BCUT2D eigenvalue weighted by molar-refractivity contribution is 0.124. The number of para-hydroxylation sites is 1. The van der Waals surface area contributed by atoms with Gasteiger partial charge in [0.25, 0.3) is 0 Å². The minimum absolute atomic E-state index is 0.00737. The number of benzene rings is 1. The van der Waals surface area contributed by atoms with Gasteiger partial charge in [0.2, 0.25) is 0 Å². The molecule has 0 bridgehead atoms. The molecule has 1 aliphatic rings. The van der Waals surface area contributed by atoms with Gasteiger partial charge >= 0.3 is 0 Å². The molecular weight excluding hydrogens is 338 g/mol. The van der Waals surface area contributed by atoms with E-state index >= 15 is 0 Å². The number of fused-ring (bicyclic) bond motifs is 1. The van der Waals surface area contributed by atoms with Gasteiger partial charge in [-0.15, -0.1) is 0 Å². The van der Waals surface area contributed by atoms with Gasteiger partial charge < -0.3 is 15.0 Å². The third-order valence-electron chi connectivity index (χ3n) is 5.08. The van der Waals surface area contributed by atoms with Crippen LogP contribution in [0.2, 0.25) is 0 Å². The van der Waals surface area contributed by atoms with Crippen molar-refractivity contribution >= 4 is 22.4 Å². The van der Waals surface area contributed by atoms with Crippen molar-refractivity contribution in [3.8, 4) is 0 Å². The molecule has 3 heterocycles. The van der Waals surface area contributed by atoms with Gasteiger partial charge in [-0.3, -0.25) is 9.97 Å². The number of pyridine rings is 1. The zero-order valence-electron chi connectivity index (χ0n) is 15.6. The first-order chi connectivity index (χ1) is 13.2. The van der Waals surface area contributed by atoms with Crippen LogP contribution in [0.3, 0.4) is 0 Å². The smallest absolute Gasteiger partial charge is 0.129 e. The highest BCUT2D eigenvalue weighted by atomic mass is 16.5. The topological polar surface area (TPSA) is 75.0 Å². The lowest BCUT2D eigenvalue weighted by atomic mass is 9.92. The summed E-state index contributed by atoms with van der Waals surface area (Å²) in [6, 6.07) is 12.3. The average molecular weight is 361 g/mol. The van der Waals surface area contributed by atoms with E-state index < -0.39 is 0 Å². The van der Waals surface area contributed by atoms with Crippen LogP contribution in [0.25, 0.3) is 10.9 Å². The summed E-state index contributed by atoms with van der Waals surface area (Å²) < 4.78 is 5.29. The Bertz CT molecular complexity index is 967. The van der Waals surface area contributed by atoms with Gasteiger partial charge in [-0.1, -0.05) is 18.2 Å². The Morgan fingerprint density at radius 3 is 2.78 bits per heavy atom. The fourth-order valence-electron chi connectivity index (χ4n) is 3.42. The summed E-state index contributed by atoms with van der Waals surface area (Å²) in [6.07, 6.45) is 3.90. The summed E-state index contributed by atoms with van der Waals surface area (Å²) in [5.41, 5.74) is 3.09. The Morgan fingerprint density at radius 1 is 1.19 bits per heavy atom. The summed E-state index contributed by atoms with van der Waals surface area (Å²) >= 11 is 0. The lowest BCUT2D eigenvalue weighted by Gasteiger charge is -2.40. The monoisotopic (exact) mass is 361 g/mol. The van der Waals surface area contributed by atoms with Gasteiger partial charge in [-0.2, -0.15) is 0 Å². The van der Waals surface area contributed by atoms with Crippen LogP contribution in [0.4, 0.5) is 5.82 Å². The molecule has 6 heteroatoms. The minimum Gasteiger partial charge on any atom is -0.381 e. The van der Waals surface area contributed by atoms with E-state index in [1.54, 1.807) is 19.5 Å². The maximum Gasteiger partial charge on any atom is 0.129 e. The van der Waals surface area contributed by atoms with Crippen molar-refractivity contribution in [2.75, 3.05) is 25.1 Å². The highest BCUT2D eigenvalue weighted by Gasteiger charge is 2.33. The molecule has 0 unspecified atom stereocenters. The van der Waals surface area contributed by atoms with Crippen LogP contribution in [-0.4, -0.2) is 47.0 Å². The molecule has 6 nitrogen and oxygen atoms in total. The van der Waals surface area contributed by atoms with Gasteiger partial charge in [-0.25, -0.2) is 4.98 Å². The molecule has 0 spiro atoms. The van der Waals surface area contributed by atoms with E-state index in [1.807, 2.05) is 25.1 Å². The molecule has 1 fully saturated rings. The molecule has 0 aliphatic carbocycles. The van der Waals surface area contributed by atoms with Crippen molar-refractivity contribution in [1.82, 2.24) is 15.0 Å². The van der Waals surface area contributed by atoms with Crippen LogP contribution < -0.4 is 4.90 Å². The molecule has 4 rings (SSSR count). The van der Waals surface area contributed by atoms with Crippen LogP contribution in [0, 0.1) is 5.41 Å². The molecule has 1 saturated heterocycles. The zero-order valence-corrected chi connectivity index (χ0v) is 15.6. The molecule has 2 aromatic heterocycles. The van der Waals surface area contributed by atoms with Gasteiger partial charge in [-0.05, 0) is 25.1 Å². The lowest BCUT2D eigenvalue weighted by Crippen LogP contribution is -2.46. The Labute approximate surface area is 158 Å². The SMILES string of the molecule is CO[C@H](C)CC(=N)c1nccnc1C1CN(c2ccc3ccccc3n2)C1. The van der Waals surface area contributed by atoms with E-state index in [9.17, 15) is 0 Å². The summed E-state index contributed by atoms with van der Waals surface area (Å²) in [6.45, 7) is 3.63. The van der Waals surface area contributed by atoms with E-state index in [0.717, 1.165) is 35.5 Å². The van der Waals surface area contributed by atoms with Crippen LogP contribution >= 0.6 is 0 Å². The predicted octanol–water partition coefficient (Wildman–Crippen LogP) is 3.42. The summed E-state index contributed by atoms with van der Waals surface area (Å²) in [4.78, 5) is 16.0. The number of ether oxygens (including phenoxy) is 1. The number of methoxy groups -OCH3 is 1. The number of anilines is 1. The van der Waals surface area contributed by atoms with Crippen molar-refractivity contribution in [2.24, 2.45) is 0 Å². The number of hydrogen-bond donors (Lipinski definition) is 1. The first kappa shape index (κ1) is 17.5. The molecule has 1 aromatic carbocycles. The molecule has 1 N–H and O–H groups in total. The van der Waals surface area contributed by atoms with Crippen LogP contribution in [-0.2, 0) is 4.74 Å². The fraction of sp³-hybridized carbons (Fsp3) is 0.333. The van der Waals surface area contributed by atoms with Crippen molar-refractivity contribution in [3.05, 3.63) is 60.2 Å². The standard InChI is InChI=1S/C21H23N5O/c1-14(27-2)11-17(22)21-20(23-9-10-24-21)16-12-26(13-16)19-8-7-15-5-3-4-6-18(15)25-19/h3-10,14,16,22H,11-13H2,1-2H3/t14-/m1/s1. The first-order valence-corrected chi connectivity index (χ1v) is 9.18. The summed E-state index contributed by atoms with van der Waals surface area (Å²) in [5.74, 6) is 1.25. The first-order valence-electron chi connectivity index (χ1n) is 9.18. The molecule has 27 heavy (non-hydrogen) atoms. The molecule has 1 aliphatic heterocycles. The molecule has 0 radical (unpaired) electrons. The minimum atomic E-state index is -0.00737. The molecule has 3 aromatic rings. The zero-order chi connectivity index (χ0) is 18.8. The Balaban J connectivity index is 1.50. The molecule has 1 atom stereocenters. The molecular formula is C21H23N5O. The Kier molecular flexibility index (Phi) is 4.81. The van der Waals surface area contributed by atoms with Crippen molar-refractivity contribution in [2.45, 2.75) is 25.4 Å². The third-order valence-corrected chi connectivity index (χ3v) is 5.08. The van der Waals surface area contributed by atoms with Gasteiger partial charge in [0.1, 0.15) is 11.5 Å². The normalized spacial score (nSPS) is 15.6. The molecule has 0 amide bonds. The molecule has 138 valence electrons. The third kappa shape index (κ3) is 3.53. The predicted molar refractivity (Wildman–Crippen MR) is 107 cm³/mol. The Morgan fingerprint density at radius 2 is 1.96 bits per heavy atom. The molecule has 0 saturated carbocycles. The highest BCUT2D eigenvalue weighted by molar-refractivity contribution is 5.97. The second-order valence-electron chi connectivity index (χ2n) is 6.98. The average Bonchev–Trinajstić information content (AvgIpc) is 2.67. The summed E-state index contributed by atoms with van der Waals surface area (Å²) in [7, 11) is 1.66. The number of nitrogens with one attached hydrogen (secondary N) is 1. The van der Waals surface area contributed by atoms with E-state index in [4.69, 9.17) is 15.1 Å². The number of hydrogen-bond acceptors (Lipinski definition) is 6. The maximum atomic E-state index is 8.39. The van der Waals surface area contributed by atoms with E-state index in [0.29, 0.717) is 17.8 Å². The number of nitrogens with zero attached hydrogens (tertiary/aromatic N) is 4. The number of rotatable bonds is 6. The summed E-state index contributed by atoms with van der Waals surface area (Å²) in [5, 5.41) is 9.54. The van der Waals surface area contributed by atoms with Crippen molar-refractivity contribution in [3.63, 3.8) is 0 Å².